The van der Waals surface area contributed by atoms with Crippen LogP contribution in [0.1, 0.15) is 278 Å². The number of ether oxygens (including phenoxy) is 5. The number of carboxylic acids is 1. The molecule has 3 N–H and O–H groups in total. The second-order valence-corrected chi connectivity index (χ2v) is 21.7. The Hall–Kier alpha value is -3.84. The summed E-state index contributed by atoms with van der Waals surface area (Å²) in [6, 6.07) is 0. The van der Waals surface area contributed by atoms with E-state index in [4.69, 9.17) is 23.7 Å². The van der Waals surface area contributed by atoms with Crippen LogP contribution in [0.2, 0.25) is 0 Å². The highest BCUT2D eigenvalue weighted by Crippen LogP contribution is 2.27. The fraction of sp³-hybridized carbons (Fsp3) is 0.761. The summed E-state index contributed by atoms with van der Waals surface area (Å²) < 4.78 is 28.5. The number of aliphatic hydroxyl groups excluding tert-OH is 2. The molecule has 1 rings (SSSR count). The lowest BCUT2D eigenvalue weighted by molar-refractivity contribution is -0.301. The number of carboxylic acid groups (broad SMARTS) is 1. The van der Waals surface area contributed by atoms with Gasteiger partial charge in [0.15, 0.2) is 24.6 Å². The number of rotatable bonds is 54. The maximum absolute atomic E-state index is 13.2. The van der Waals surface area contributed by atoms with Gasteiger partial charge < -0.3 is 39.0 Å². The zero-order valence-electron chi connectivity index (χ0n) is 50.1. The summed E-state index contributed by atoms with van der Waals surface area (Å²) in [6.07, 6.45) is 57.2. The van der Waals surface area contributed by atoms with E-state index in [-0.39, 0.29) is 25.9 Å². The first-order valence-electron chi connectivity index (χ1n) is 31.9. The first-order valence-corrected chi connectivity index (χ1v) is 31.9. The maximum Gasteiger partial charge on any atom is 0.335 e. The van der Waals surface area contributed by atoms with Crippen LogP contribution in [-0.4, -0.2) is 89.2 Å². The molecule has 1 aliphatic heterocycles. The SMILES string of the molecule is CC/C=C\C/C=C\C/C=C\C/C=C\CCCCCCCCC(=O)OCC(COC1OC(C(=O)O)C(O)C(O)C1OC(=O)CCCCCCCCCCCCCCCCCCC)OC(=O)CCCCCCC/C=C\C/C=C\CCC. The number of hydrogen-bond acceptors (Lipinski definition) is 11. The number of unbranched alkanes of at least 4 members (excludes halogenated alkanes) is 28. The highest BCUT2D eigenvalue weighted by Gasteiger charge is 2.50. The predicted molar refractivity (Wildman–Crippen MR) is 322 cm³/mol. The van der Waals surface area contributed by atoms with Gasteiger partial charge in [-0.1, -0.05) is 248 Å². The van der Waals surface area contributed by atoms with E-state index in [1.807, 2.05) is 0 Å². The second-order valence-electron chi connectivity index (χ2n) is 21.7. The molecule has 0 spiro atoms. The van der Waals surface area contributed by atoms with E-state index in [9.17, 15) is 34.5 Å². The van der Waals surface area contributed by atoms with Gasteiger partial charge in [-0.25, -0.2) is 4.79 Å². The van der Waals surface area contributed by atoms with Gasteiger partial charge in [-0.3, -0.25) is 14.4 Å². The molecule has 0 amide bonds. The number of carbonyl (C=O) groups excluding carboxylic acids is 3. The van der Waals surface area contributed by atoms with Crippen molar-refractivity contribution in [2.24, 2.45) is 0 Å². The number of allylic oxidation sites excluding steroid dienone is 12. The topological polar surface area (TPSA) is 175 Å². The van der Waals surface area contributed by atoms with Crippen LogP contribution in [0.3, 0.4) is 0 Å². The van der Waals surface area contributed by atoms with Crippen molar-refractivity contribution < 1.29 is 58.2 Å². The molecule has 0 aromatic rings. The van der Waals surface area contributed by atoms with Crippen molar-refractivity contribution in [3.05, 3.63) is 72.9 Å². The molecule has 12 nitrogen and oxygen atoms in total. The molecule has 0 aromatic carbocycles. The minimum atomic E-state index is -1.91. The van der Waals surface area contributed by atoms with E-state index < -0.39 is 67.3 Å². The molecule has 1 saturated heterocycles. The molecule has 1 heterocycles. The Bertz CT molecular complexity index is 1650. The summed E-state index contributed by atoms with van der Waals surface area (Å²) in [5.41, 5.74) is 0. The molecule has 1 aliphatic rings. The fourth-order valence-electron chi connectivity index (χ4n) is 9.40. The number of esters is 3. The zero-order valence-corrected chi connectivity index (χ0v) is 50.1. The van der Waals surface area contributed by atoms with Crippen molar-refractivity contribution in [3.8, 4) is 0 Å². The van der Waals surface area contributed by atoms with E-state index in [1.54, 1.807) is 0 Å². The summed E-state index contributed by atoms with van der Waals surface area (Å²) in [5, 5.41) is 31.6. The van der Waals surface area contributed by atoms with E-state index in [0.29, 0.717) is 19.3 Å². The van der Waals surface area contributed by atoms with E-state index in [0.717, 1.165) is 141 Å². The molecule has 12 heteroatoms. The van der Waals surface area contributed by atoms with E-state index >= 15 is 0 Å². The number of aliphatic carboxylic acids is 1. The van der Waals surface area contributed by atoms with Gasteiger partial charge in [0.2, 0.25) is 0 Å². The smallest absolute Gasteiger partial charge is 0.335 e. The Balaban J connectivity index is 2.66. The molecule has 1 fully saturated rings. The first kappa shape index (κ1) is 73.2. The van der Waals surface area contributed by atoms with Crippen LogP contribution in [0.5, 0.6) is 0 Å². The highest BCUT2D eigenvalue weighted by molar-refractivity contribution is 5.74. The number of aliphatic hydroxyl groups is 2. The summed E-state index contributed by atoms with van der Waals surface area (Å²) in [7, 11) is 0. The Labute approximate surface area is 480 Å². The summed E-state index contributed by atoms with van der Waals surface area (Å²) >= 11 is 0. The molecule has 454 valence electrons. The van der Waals surface area contributed by atoms with Gasteiger partial charge in [-0.2, -0.15) is 0 Å². The van der Waals surface area contributed by atoms with E-state index in [2.05, 4.69) is 93.7 Å². The molecule has 0 bridgehead atoms. The lowest BCUT2D eigenvalue weighted by atomic mass is 9.98. The van der Waals surface area contributed by atoms with Crippen molar-refractivity contribution >= 4 is 23.9 Å². The molecule has 0 aliphatic carbocycles. The monoisotopic (exact) mass is 1110 g/mol. The van der Waals surface area contributed by atoms with Gasteiger partial charge in [-0.05, 0) is 83.5 Å². The predicted octanol–water partition coefficient (Wildman–Crippen LogP) is 16.9. The van der Waals surface area contributed by atoms with Gasteiger partial charge >= 0.3 is 23.9 Å². The van der Waals surface area contributed by atoms with Crippen LogP contribution in [0, 0.1) is 0 Å². The van der Waals surface area contributed by atoms with E-state index in [1.165, 1.54) is 77.0 Å². The third-order valence-electron chi connectivity index (χ3n) is 14.2. The maximum atomic E-state index is 13.2. The van der Waals surface area contributed by atoms with Gasteiger partial charge in [0, 0.05) is 19.3 Å². The van der Waals surface area contributed by atoms with Gasteiger partial charge in [-0.15, -0.1) is 0 Å². The third kappa shape index (κ3) is 44.5. The Morgan fingerprint density at radius 3 is 1.27 bits per heavy atom. The van der Waals surface area contributed by atoms with Crippen LogP contribution in [0.4, 0.5) is 0 Å². The standard InChI is InChI=1S/C67H114O12/c1-4-7-10-13-16-19-22-25-27-29-30-32-33-36-38-41-44-47-50-53-59(68)75-56-58(77-60(69)54-51-48-45-42-39-35-24-21-18-15-12-9-6-3)57-76-67-65(63(72)62(71)64(79-67)66(73)74)78-61(70)55-52-49-46-43-40-37-34-31-28-26-23-20-17-14-11-8-5-2/h7,10,12,15-16,19,21,24-25,27,30,32,58,62-65,67,71-72H,4-6,8-9,11,13-14,17-18,20,22-23,26,28-29,31,33-57H2,1-3H3,(H,73,74)/b10-7-,15-12-,19-16-,24-21-,27-25-,32-30-. The van der Waals surface area contributed by atoms with Crippen molar-refractivity contribution in [1.29, 1.82) is 0 Å². The average Bonchev–Trinajstić information content (AvgIpc) is 3.47. The molecule has 6 atom stereocenters. The van der Waals surface area contributed by atoms with Crippen LogP contribution in [0.15, 0.2) is 72.9 Å². The van der Waals surface area contributed by atoms with Crippen LogP contribution < -0.4 is 0 Å². The summed E-state index contributed by atoms with van der Waals surface area (Å²) in [4.78, 5) is 51.3. The number of carbonyl (C=O) groups is 4. The van der Waals surface area contributed by atoms with Crippen LogP contribution >= 0.6 is 0 Å². The molecule has 6 unspecified atom stereocenters. The minimum Gasteiger partial charge on any atom is -0.479 e. The Morgan fingerprint density at radius 2 is 0.823 bits per heavy atom. The first-order chi connectivity index (χ1) is 38.6. The second kappa shape index (κ2) is 54.7. The van der Waals surface area contributed by atoms with Gasteiger partial charge in [0.1, 0.15) is 18.8 Å². The zero-order chi connectivity index (χ0) is 57.5. The Kier molecular flexibility index (Phi) is 50.7. The fourth-order valence-corrected chi connectivity index (χ4v) is 9.40. The molecular formula is C67H114O12. The molecule has 0 radical (unpaired) electrons. The highest BCUT2D eigenvalue weighted by atomic mass is 16.7. The van der Waals surface area contributed by atoms with Crippen LogP contribution in [0.25, 0.3) is 0 Å². The normalized spacial score (nSPS) is 18.3. The molecular weight excluding hydrogens is 997 g/mol. The summed E-state index contributed by atoms with van der Waals surface area (Å²) in [5.74, 6) is -3.14. The third-order valence-corrected chi connectivity index (χ3v) is 14.2. The van der Waals surface area contributed by atoms with Gasteiger partial charge in [0.25, 0.3) is 0 Å². The van der Waals surface area contributed by atoms with Crippen molar-refractivity contribution in [2.75, 3.05) is 13.2 Å². The minimum absolute atomic E-state index is 0.0595. The lowest BCUT2D eigenvalue weighted by Gasteiger charge is -2.40. The summed E-state index contributed by atoms with van der Waals surface area (Å²) in [6.45, 7) is 5.82. The van der Waals surface area contributed by atoms with Crippen molar-refractivity contribution in [2.45, 2.75) is 314 Å². The molecule has 79 heavy (non-hydrogen) atoms. The lowest BCUT2D eigenvalue weighted by Crippen LogP contribution is -2.61. The Morgan fingerprint density at radius 1 is 0.430 bits per heavy atom. The quantitative estimate of drug-likeness (QED) is 0.0228. The largest absolute Gasteiger partial charge is 0.479 e. The van der Waals surface area contributed by atoms with Crippen LogP contribution in [-0.2, 0) is 42.9 Å². The van der Waals surface area contributed by atoms with Gasteiger partial charge in [0.05, 0.1) is 6.61 Å². The molecule has 0 aromatic heterocycles. The number of hydrogen-bond donors (Lipinski definition) is 3. The van der Waals surface area contributed by atoms with Crippen molar-refractivity contribution in [3.63, 3.8) is 0 Å². The molecule has 0 saturated carbocycles. The average molecular weight is 1110 g/mol. The van der Waals surface area contributed by atoms with Crippen molar-refractivity contribution in [1.82, 2.24) is 0 Å².